The van der Waals surface area contributed by atoms with Crippen molar-refractivity contribution in [2.45, 2.75) is 0 Å². The van der Waals surface area contributed by atoms with Crippen LogP contribution in [0.2, 0.25) is 0 Å². The molecule has 0 bridgehead atoms. The van der Waals surface area contributed by atoms with Crippen molar-refractivity contribution in [3.63, 3.8) is 0 Å². The summed E-state index contributed by atoms with van der Waals surface area (Å²) in [5.41, 5.74) is 0. The van der Waals surface area contributed by atoms with Gasteiger partial charge in [0.2, 0.25) is 0 Å². The van der Waals surface area contributed by atoms with Gasteiger partial charge >= 0.3 is 89.0 Å². The summed E-state index contributed by atoms with van der Waals surface area (Å²) in [5, 5.41) is 44.1. The summed E-state index contributed by atoms with van der Waals surface area (Å²) < 4.78 is 0. The van der Waals surface area contributed by atoms with E-state index in [1.54, 1.807) is 0 Å². The van der Waals surface area contributed by atoms with E-state index in [1.807, 2.05) is 0 Å². The fraction of sp³-hybridized carbons (Fsp3) is 0.643. The topological polar surface area (TPSA) is 196 Å². The molecule has 0 spiro atoms. The minimum Gasteiger partial charge on any atom is -1.00 e. The zero-order chi connectivity index (χ0) is 21.0. The van der Waals surface area contributed by atoms with Crippen LogP contribution in [0.4, 0.5) is 0 Å². The van der Waals surface area contributed by atoms with Gasteiger partial charge in [0.05, 0.1) is 32.7 Å². The average Bonchev–Trinajstić information content (AvgIpc) is 2.46. The number of hydrogen-bond acceptors (Lipinski definition) is 8. The van der Waals surface area contributed by atoms with Crippen molar-refractivity contribution in [1.82, 2.24) is 14.7 Å². The van der Waals surface area contributed by atoms with Crippen LogP contribution in [0.1, 0.15) is 2.85 Å². The Morgan fingerprint density at radius 1 is 0.467 bits per heavy atom. The van der Waals surface area contributed by atoms with Crippen molar-refractivity contribution < 1.29 is 129 Å². The van der Waals surface area contributed by atoms with E-state index in [0.29, 0.717) is 0 Å². The number of carboxylic acid groups (broad SMARTS) is 5. The van der Waals surface area contributed by atoms with Gasteiger partial charge in [0.15, 0.2) is 0 Å². The van der Waals surface area contributed by atoms with Crippen LogP contribution in [0.5, 0.6) is 0 Å². The van der Waals surface area contributed by atoms with Crippen LogP contribution < -0.4 is 59.1 Å². The molecule has 0 fully saturated rings. The summed E-state index contributed by atoms with van der Waals surface area (Å²) in [6, 6.07) is 0. The van der Waals surface area contributed by atoms with Crippen LogP contribution in [0.25, 0.3) is 0 Å². The summed E-state index contributed by atoms with van der Waals surface area (Å²) in [4.78, 5) is 57.6. The molecule has 30 heavy (non-hydrogen) atoms. The van der Waals surface area contributed by atoms with Gasteiger partial charge in [-0.05, 0) is 0 Å². The van der Waals surface area contributed by atoms with Crippen LogP contribution >= 0.6 is 0 Å². The minimum absolute atomic E-state index is 0. The summed E-state index contributed by atoms with van der Waals surface area (Å²) >= 11 is 0. The molecular formula is C14H25FeN3Na2O10. The zero-order valence-electron chi connectivity index (χ0n) is 18.8. The van der Waals surface area contributed by atoms with Crippen LogP contribution in [-0.4, -0.2) is 129 Å². The first-order chi connectivity index (χ1) is 12.5. The quantitative estimate of drug-likeness (QED) is 0.126. The molecule has 0 aromatic carbocycles. The maximum atomic E-state index is 11.0. The first kappa shape index (κ1) is 37.1. The van der Waals surface area contributed by atoms with E-state index in [9.17, 15) is 24.0 Å². The summed E-state index contributed by atoms with van der Waals surface area (Å²) in [6.07, 6.45) is 0. The van der Waals surface area contributed by atoms with Crippen molar-refractivity contribution in [2.24, 2.45) is 0 Å². The Balaban J connectivity index is -0.000000338. The van der Waals surface area contributed by atoms with E-state index in [1.165, 1.54) is 4.90 Å². The summed E-state index contributed by atoms with van der Waals surface area (Å²) in [6.45, 7) is -2.74. The van der Waals surface area contributed by atoms with Gasteiger partial charge in [-0.3, -0.25) is 38.7 Å². The Kier molecular flexibility index (Phi) is 25.5. The molecule has 5 N–H and O–H groups in total. The third-order valence-electron chi connectivity index (χ3n) is 3.26. The molecule has 0 rings (SSSR count). The molecule has 0 aromatic heterocycles. The minimum atomic E-state index is -1.24. The number of hydrogen-bond donors (Lipinski definition) is 5. The van der Waals surface area contributed by atoms with Crippen molar-refractivity contribution in [2.75, 3.05) is 58.9 Å². The van der Waals surface area contributed by atoms with Gasteiger partial charge in [-0.2, -0.15) is 0 Å². The Hall–Kier alpha value is -0.251. The maximum absolute atomic E-state index is 11.0. The fourth-order valence-corrected chi connectivity index (χ4v) is 2.22. The molecule has 0 heterocycles. The predicted molar refractivity (Wildman–Crippen MR) is 89.7 cm³/mol. The molecule has 0 aromatic rings. The van der Waals surface area contributed by atoms with Gasteiger partial charge in [-0.15, -0.1) is 0 Å². The predicted octanol–water partition coefficient (Wildman–Crippen LogP) is -8.45. The SMILES string of the molecule is O=C(O)CN(CCN(CC(=O)O)CC(=O)O)CCN(CC(=O)O)CC(=O)O.[Fe].[H-].[H-].[Na+].[Na+]. The zero-order valence-corrected chi connectivity index (χ0v) is 21.9. The summed E-state index contributed by atoms with van der Waals surface area (Å²) in [7, 11) is 0. The Bertz CT molecular complexity index is 509. The smallest absolute Gasteiger partial charge is 1.00 e. The van der Waals surface area contributed by atoms with Crippen molar-refractivity contribution in [3.05, 3.63) is 0 Å². The third kappa shape index (κ3) is 22.4. The molecule has 0 radical (unpaired) electrons. The van der Waals surface area contributed by atoms with Gasteiger partial charge in [-0.1, -0.05) is 0 Å². The van der Waals surface area contributed by atoms with Crippen LogP contribution in [0, 0.1) is 0 Å². The van der Waals surface area contributed by atoms with Gasteiger partial charge in [0, 0.05) is 43.2 Å². The second kappa shape index (κ2) is 20.6. The molecule has 0 saturated heterocycles. The van der Waals surface area contributed by atoms with E-state index in [0.717, 1.165) is 9.80 Å². The van der Waals surface area contributed by atoms with Crippen molar-refractivity contribution in [1.29, 1.82) is 0 Å². The number of carboxylic acids is 5. The Labute approximate surface area is 230 Å². The van der Waals surface area contributed by atoms with Gasteiger partial charge in [0.1, 0.15) is 0 Å². The number of nitrogens with zero attached hydrogens (tertiary/aromatic N) is 3. The second-order valence-electron chi connectivity index (χ2n) is 5.67. The molecule has 0 atom stereocenters. The molecule has 0 aliphatic carbocycles. The van der Waals surface area contributed by atoms with Crippen LogP contribution in [0.3, 0.4) is 0 Å². The molecule has 0 unspecified atom stereocenters. The normalized spacial score (nSPS) is 9.97. The molecule has 166 valence electrons. The first-order valence-electron chi connectivity index (χ1n) is 7.75. The Morgan fingerprint density at radius 2 is 0.633 bits per heavy atom. The fourth-order valence-electron chi connectivity index (χ4n) is 2.22. The van der Waals surface area contributed by atoms with E-state index in [2.05, 4.69) is 0 Å². The maximum Gasteiger partial charge on any atom is 1.00 e. The molecule has 13 nitrogen and oxygen atoms in total. The van der Waals surface area contributed by atoms with Crippen molar-refractivity contribution >= 4 is 29.8 Å². The van der Waals surface area contributed by atoms with E-state index in [-0.39, 0.29) is 105 Å². The van der Waals surface area contributed by atoms with Gasteiger partial charge in [-0.25, -0.2) is 0 Å². The van der Waals surface area contributed by atoms with E-state index >= 15 is 0 Å². The van der Waals surface area contributed by atoms with Gasteiger partial charge in [0.25, 0.3) is 0 Å². The molecule has 0 saturated carbocycles. The van der Waals surface area contributed by atoms with E-state index < -0.39 is 62.6 Å². The Morgan fingerprint density at radius 3 is 0.833 bits per heavy atom. The molecule has 0 aliphatic heterocycles. The first-order valence-corrected chi connectivity index (χ1v) is 7.75. The third-order valence-corrected chi connectivity index (χ3v) is 3.26. The van der Waals surface area contributed by atoms with Crippen LogP contribution in [-0.2, 0) is 41.0 Å². The van der Waals surface area contributed by atoms with E-state index in [4.69, 9.17) is 25.5 Å². The molecule has 0 aliphatic rings. The van der Waals surface area contributed by atoms with Gasteiger partial charge < -0.3 is 28.4 Å². The number of aliphatic carboxylic acids is 5. The molecular weight excluding hydrogens is 472 g/mol. The van der Waals surface area contributed by atoms with Crippen LogP contribution in [0.15, 0.2) is 0 Å². The molecule has 0 amide bonds. The number of rotatable bonds is 16. The average molecular weight is 497 g/mol. The summed E-state index contributed by atoms with van der Waals surface area (Å²) in [5.74, 6) is -6.16. The molecule has 16 heteroatoms. The second-order valence-corrected chi connectivity index (χ2v) is 5.67. The monoisotopic (exact) mass is 497 g/mol. The van der Waals surface area contributed by atoms with Crippen molar-refractivity contribution in [3.8, 4) is 0 Å². The largest absolute Gasteiger partial charge is 1.00 e. The number of carbonyl (C=O) groups is 5. The standard InChI is InChI=1S/C14H23N3O10.Fe.2Na.2H/c18-10(19)5-15(1-3-16(6-11(20)21)7-12(22)23)2-4-17(8-13(24)25)9-14(26)27;;;;;/h1-9H2,(H,18,19)(H,20,21)(H,22,23)(H,24,25)(H,26,27);;;;;/q;;2*+1;2*-1.